The van der Waals surface area contributed by atoms with Gasteiger partial charge in [0.1, 0.15) is 35.5 Å². The molecular weight excluding hydrogens is 553 g/mol. The summed E-state index contributed by atoms with van der Waals surface area (Å²) in [6, 6.07) is 3.95. The SMILES string of the molecule is Cc1cccnc1[C@@H](S[C@@H]1O[C@H](CO)[C@H](O)[C@H](n2cc(-c3cc(F)c(F)c(F)c3)nn2)[C@H]1O)C1(O)CCOCC1. The second kappa shape index (κ2) is 11.7. The van der Waals surface area contributed by atoms with E-state index in [1.807, 2.05) is 13.0 Å². The predicted molar refractivity (Wildman–Crippen MR) is 136 cm³/mol. The van der Waals surface area contributed by atoms with Crippen molar-refractivity contribution in [2.45, 2.75) is 60.4 Å². The summed E-state index contributed by atoms with van der Waals surface area (Å²) in [4.78, 5) is 4.51. The van der Waals surface area contributed by atoms with Crippen molar-refractivity contribution >= 4 is 11.8 Å². The Morgan fingerprint density at radius 1 is 1.15 bits per heavy atom. The second-order valence-corrected chi connectivity index (χ2v) is 11.2. The minimum Gasteiger partial charge on any atom is -0.394 e. The van der Waals surface area contributed by atoms with Crippen molar-refractivity contribution in [3.05, 3.63) is 65.4 Å². The minimum absolute atomic E-state index is 0.0352. The predicted octanol–water partition coefficient (Wildman–Crippen LogP) is 2.06. The van der Waals surface area contributed by atoms with Crippen LogP contribution in [0.5, 0.6) is 0 Å². The smallest absolute Gasteiger partial charge is 0.194 e. The van der Waals surface area contributed by atoms with Crippen LogP contribution >= 0.6 is 11.8 Å². The molecule has 2 aliphatic rings. The van der Waals surface area contributed by atoms with Crippen molar-refractivity contribution in [2.75, 3.05) is 19.8 Å². The fourth-order valence-corrected chi connectivity index (χ4v) is 6.75. The summed E-state index contributed by atoms with van der Waals surface area (Å²) in [7, 11) is 0. The van der Waals surface area contributed by atoms with Crippen LogP contribution in [0.3, 0.4) is 0 Å². The van der Waals surface area contributed by atoms with E-state index in [1.165, 1.54) is 6.20 Å². The molecule has 0 aliphatic carbocycles. The fourth-order valence-electron chi connectivity index (χ4n) is 5.09. The number of ether oxygens (including phenoxy) is 2. The summed E-state index contributed by atoms with van der Waals surface area (Å²) in [5.41, 5.74) is -1.04. The maximum absolute atomic E-state index is 13.8. The molecule has 0 amide bonds. The molecule has 5 rings (SSSR count). The molecule has 2 aliphatic heterocycles. The van der Waals surface area contributed by atoms with Gasteiger partial charge in [0.05, 0.1) is 29.3 Å². The molecule has 0 unspecified atom stereocenters. The minimum atomic E-state index is -1.62. The Balaban J connectivity index is 1.47. The molecule has 216 valence electrons. The van der Waals surface area contributed by atoms with Crippen molar-refractivity contribution in [3.8, 4) is 11.3 Å². The van der Waals surface area contributed by atoms with E-state index < -0.39 is 64.7 Å². The van der Waals surface area contributed by atoms with Gasteiger partial charge in [-0.15, -0.1) is 16.9 Å². The molecule has 14 heteroatoms. The van der Waals surface area contributed by atoms with Crippen LogP contribution in [0.2, 0.25) is 0 Å². The first-order chi connectivity index (χ1) is 19.1. The summed E-state index contributed by atoms with van der Waals surface area (Å²) >= 11 is 1.11. The zero-order chi connectivity index (χ0) is 28.6. The van der Waals surface area contributed by atoms with Gasteiger partial charge in [-0.05, 0) is 30.7 Å². The van der Waals surface area contributed by atoms with E-state index in [0.29, 0.717) is 31.7 Å². The monoisotopic (exact) mass is 582 g/mol. The van der Waals surface area contributed by atoms with Crippen LogP contribution in [-0.2, 0) is 9.47 Å². The number of hydrogen-bond donors (Lipinski definition) is 4. The lowest BCUT2D eigenvalue weighted by atomic mass is 9.87. The van der Waals surface area contributed by atoms with E-state index >= 15 is 0 Å². The average Bonchev–Trinajstić information content (AvgIpc) is 3.42. The van der Waals surface area contributed by atoms with E-state index in [9.17, 15) is 33.6 Å². The number of halogens is 3. The highest BCUT2D eigenvalue weighted by Gasteiger charge is 2.50. The zero-order valence-corrected chi connectivity index (χ0v) is 22.2. The summed E-state index contributed by atoms with van der Waals surface area (Å²) in [6.07, 6.45) is -0.543. The number of aliphatic hydroxyl groups excluding tert-OH is 3. The molecule has 2 aromatic heterocycles. The molecule has 0 bridgehead atoms. The number of rotatable bonds is 7. The van der Waals surface area contributed by atoms with Gasteiger partial charge in [0, 0.05) is 37.8 Å². The molecule has 4 heterocycles. The molecule has 4 N–H and O–H groups in total. The molecule has 0 radical (unpaired) electrons. The Kier molecular flexibility index (Phi) is 8.47. The van der Waals surface area contributed by atoms with E-state index in [-0.39, 0.29) is 11.3 Å². The molecule has 1 aromatic carbocycles. The van der Waals surface area contributed by atoms with Gasteiger partial charge in [0.2, 0.25) is 0 Å². The van der Waals surface area contributed by atoms with Gasteiger partial charge < -0.3 is 29.9 Å². The molecule has 3 aromatic rings. The van der Waals surface area contributed by atoms with Crippen LogP contribution in [-0.4, -0.2) is 89.6 Å². The van der Waals surface area contributed by atoms with Gasteiger partial charge in [0.25, 0.3) is 0 Å². The highest BCUT2D eigenvalue weighted by molar-refractivity contribution is 8.00. The fraction of sp³-hybridized carbons (Fsp3) is 0.500. The summed E-state index contributed by atoms with van der Waals surface area (Å²) in [5, 5.41) is 51.2. The van der Waals surface area contributed by atoms with E-state index in [1.54, 1.807) is 12.3 Å². The molecule has 2 saturated heterocycles. The normalized spacial score (nSPS) is 27.4. The van der Waals surface area contributed by atoms with Crippen molar-refractivity contribution in [1.82, 2.24) is 20.0 Å². The largest absolute Gasteiger partial charge is 0.394 e. The Hall–Kier alpha value is -2.59. The lowest BCUT2D eigenvalue weighted by Crippen LogP contribution is -2.55. The molecule has 0 spiro atoms. The van der Waals surface area contributed by atoms with E-state index in [0.717, 1.165) is 34.1 Å². The number of pyridine rings is 1. The van der Waals surface area contributed by atoms with Gasteiger partial charge in [-0.25, -0.2) is 17.9 Å². The summed E-state index contributed by atoms with van der Waals surface area (Å²) in [5.74, 6) is -4.44. The number of benzene rings is 1. The summed E-state index contributed by atoms with van der Waals surface area (Å²) in [6.45, 7) is 1.93. The Morgan fingerprint density at radius 3 is 2.50 bits per heavy atom. The molecule has 6 atom stereocenters. The van der Waals surface area contributed by atoms with Crippen LogP contribution in [0, 0.1) is 24.4 Å². The average molecular weight is 583 g/mol. The third-order valence-electron chi connectivity index (χ3n) is 7.36. The number of aromatic nitrogens is 4. The lowest BCUT2D eigenvalue weighted by molar-refractivity contribution is -0.179. The van der Waals surface area contributed by atoms with Gasteiger partial charge >= 0.3 is 0 Å². The van der Waals surface area contributed by atoms with Crippen LogP contribution in [0.4, 0.5) is 13.2 Å². The number of hydrogen-bond acceptors (Lipinski definition) is 10. The van der Waals surface area contributed by atoms with Crippen LogP contribution in [0.15, 0.2) is 36.7 Å². The molecule has 2 fully saturated rings. The number of thioether (sulfide) groups is 1. The topological polar surface area (TPSA) is 143 Å². The number of aryl methyl sites for hydroxylation is 1. The summed E-state index contributed by atoms with van der Waals surface area (Å²) < 4.78 is 53.5. The van der Waals surface area contributed by atoms with Crippen molar-refractivity contribution in [1.29, 1.82) is 0 Å². The van der Waals surface area contributed by atoms with Gasteiger partial charge in [-0.2, -0.15) is 0 Å². The highest BCUT2D eigenvalue weighted by Crippen LogP contribution is 2.49. The number of nitrogens with zero attached hydrogens (tertiary/aromatic N) is 4. The first kappa shape index (κ1) is 28.9. The van der Waals surface area contributed by atoms with Crippen molar-refractivity contribution in [2.24, 2.45) is 0 Å². The van der Waals surface area contributed by atoms with E-state index in [4.69, 9.17) is 9.47 Å². The van der Waals surface area contributed by atoms with Crippen LogP contribution < -0.4 is 0 Å². The van der Waals surface area contributed by atoms with Crippen LogP contribution in [0.1, 0.15) is 35.4 Å². The Morgan fingerprint density at radius 2 is 1.85 bits per heavy atom. The quantitative estimate of drug-likeness (QED) is 0.306. The van der Waals surface area contributed by atoms with Gasteiger partial charge in [-0.3, -0.25) is 4.98 Å². The maximum atomic E-state index is 13.8. The zero-order valence-electron chi connectivity index (χ0n) is 21.4. The number of aliphatic hydroxyl groups is 4. The molecular formula is C26H29F3N4O6S. The third-order valence-corrected chi connectivity index (χ3v) is 8.95. The second-order valence-electron chi connectivity index (χ2n) is 9.97. The third kappa shape index (κ3) is 5.49. The van der Waals surface area contributed by atoms with Crippen molar-refractivity contribution in [3.63, 3.8) is 0 Å². The Labute approximate surface area is 231 Å². The Bertz CT molecular complexity index is 1320. The molecule has 40 heavy (non-hydrogen) atoms. The lowest BCUT2D eigenvalue weighted by Gasteiger charge is -2.45. The van der Waals surface area contributed by atoms with Gasteiger partial charge in [-0.1, -0.05) is 11.3 Å². The highest BCUT2D eigenvalue weighted by atomic mass is 32.2. The first-order valence-corrected chi connectivity index (χ1v) is 13.6. The van der Waals surface area contributed by atoms with E-state index in [2.05, 4.69) is 15.3 Å². The first-order valence-electron chi connectivity index (χ1n) is 12.7. The van der Waals surface area contributed by atoms with Crippen LogP contribution in [0.25, 0.3) is 11.3 Å². The maximum Gasteiger partial charge on any atom is 0.194 e. The molecule has 10 nitrogen and oxygen atoms in total. The van der Waals surface area contributed by atoms with Gasteiger partial charge in [0.15, 0.2) is 17.5 Å². The molecule has 0 saturated carbocycles. The standard InChI is InChI=1S/C26H29F3N4O6S/c1-13-3-2-6-30-20(13)24(26(37)4-7-38-8-5-26)40-25-23(36)21(22(35)18(12-34)39-25)33-11-17(31-32-33)14-9-15(27)19(29)16(28)10-14/h2-3,6,9-11,18,21-25,34-37H,4-5,7-8,12H2,1H3/t18-,21+,22+,23-,24-,25+/m1/s1. The van der Waals surface area contributed by atoms with Crippen molar-refractivity contribution < 1.29 is 43.1 Å².